The summed E-state index contributed by atoms with van der Waals surface area (Å²) in [6, 6.07) is 5.84. The summed E-state index contributed by atoms with van der Waals surface area (Å²) < 4.78 is 37.2. The minimum Gasteiger partial charge on any atom is -0.387 e. The van der Waals surface area contributed by atoms with Crippen molar-refractivity contribution in [2.75, 3.05) is 12.4 Å². The normalized spacial score (nSPS) is 11.6. The second-order valence-electron chi connectivity index (χ2n) is 3.61. The van der Waals surface area contributed by atoms with Crippen LogP contribution in [-0.4, -0.2) is 17.2 Å². The number of benzene rings is 1. The van der Waals surface area contributed by atoms with Crippen LogP contribution in [-0.2, 0) is 6.18 Å². The van der Waals surface area contributed by atoms with E-state index in [1.54, 1.807) is 25.2 Å². The molecule has 0 amide bonds. The molecule has 0 unspecified atom stereocenters. The van der Waals surface area contributed by atoms with Gasteiger partial charge in [0.25, 0.3) is 0 Å². The number of hydrogen-bond donors (Lipinski definition) is 2. The Balaban J connectivity index is 2.38. The van der Waals surface area contributed by atoms with Crippen LogP contribution in [0.2, 0.25) is 5.02 Å². The van der Waals surface area contributed by atoms with Crippen LogP contribution >= 0.6 is 11.6 Å². The van der Waals surface area contributed by atoms with Gasteiger partial charge in [0, 0.05) is 12.6 Å². The zero-order chi connectivity index (χ0) is 13.3. The predicted octanol–water partition coefficient (Wildman–Crippen LogP) is 3.79. The second-order valence-corrected chi connectivity index (χ2v) is 4.02. The molecule has 2 rings (SSSR count). The molecule has 18 heavy (non-hydrogen) atoms. The maximum atomic E-state index is 12.4. The van der Waals surface area contributed by atoms with Crippen molar-refractivity contribution in [1.29, 1.82) is 0 Å². The zero-order valence-corrected chi connectivity index (χ0v) is 10.0. The number of H-pyrrole nitrogens is 1. The first-order chi connectivity index (χ1) is 8.41. The number of nitrogens with one attached hydrogen (secondary N) is 2. The summed E-state index contributed by atoms with van der Waals surface area (Å²) in [6.45, 7) is 0. The van der Waals surface area contributed by atoms with Gasteiger partial charge in [-0.05, 0) is 18.2 Å². The molecule has 7 heteroatoms. The van der Waals surface area contributed by atoms with Crippen LogP contribution in [0.15, 0.2) is 24.3 Å². The first kappa shape index (κ1) is 12.8. The van der Waals surface area contributed by atoms with E-state index < -0.39 is 11.9 Å². The highest BCUT2D eigenvalue weighted by atomic mass is 35.5. The molecule has 2 N–H and O–H groups in total. The zero-order valence-electron chi connectivity index (χ0n) is 9.27. The van der Waals surface area contributed by atoms with E-state index in [1.165, 1.54) is 0 Å². The van der Waals surface area contributed by atoms with Crippen molar-refractivity contribution < 1.29 is 13.2 Å². The van der Waals surface area contributed by atoms with E-state index in [9.17, 15) is 13.2 Å². The number of alkyl halides is 3. The molecular formula is C11H9ClF3N3. The maximum Gasteiger partial charge on any atom is 0.432 e. The van der Waals surface area contributed by atoms with E-state index in [1.807, 2.05) is 5.10 Å². The molecule has 1 aromatic carbocycles. The Bertz CT molecular complexity index is 563. The van der Waals surface area contributed by atoms with Crippen molar-refractivity contribution >= 4 is 17.3 Å². The van der Waals surface area contributed by atoms with Crippen molar-refractivity contribution in [3.63, 3.8) is 0 Å². The van der Waals surface area contributed by atoms with E-state index in [2.05, 4.69) is 10.4 Å². The standard InChI is InChI=1S/C11H9ClF3N3/c1-16-8-3-2-6(4-7(8)12)9-5-10(18-17-9)11(13,14)15/h2-5,16H,1H3,(H,17,18). The molecule has 0 saturated carbocycles. The van der Waals surface area contributed by atoms with Crippen LogP contribution in [0, 0.1) is 0 Å². The quantitative estimate of drug-likeness (QED) is 0.875. The fraction of sp³-hybridized carbons (Fsp3) is 0.182. The van der Waals surface area contributed by atoms with Crippen molar-refractivity contribution in [3.05, 3.63) is 35.0 Å². The van der Waals surface area contributed by atoms with Crippen LogP contribution in [0.1, 0.15) is 5.69 Å². The molecule has 0 spiro atoms. The molecule has 0 aliphatic heterocycles. The Morgan fingerprint density at radius 3 is 2.50 bits per heavy atom. The SMILES string of the molecule is CNc1ccc(-c2cc(C(F)(F)F)[nH]n2)cc1Cl. The van der Waals surface area contributed by atoms with Gasteiger partial charge in [-0.2, -0.15) is 18.3 Å². The minimum atomic E-state index is -4.43. The fourth-order valence-electron chi connectivity index (χ4n) is 1.49. The van der Waals surface area contributed by atoms with Gasteiger partial charge >= 0.3 is 6.18 Å². The predicted molar refractivity (Wildman–Crippen MR) is 63.6 cm³/mol. The summed E-state index contributed by atoms with van der Waals surface area (Å²) in [6.07, 6.45) is -4.43. The number of aromatic amines is 1. The first-order valence-electron chi connectivity index (χ1n) is 5.02. The van der Waals surface area contributed by atoms with Crippen LogP contribution in [0.4, 0.5) is 18.9 Å². The van der Waals surface area contributed by atoms with Gasteiger partial charge in [0.15, 0.2) is 0 Å². The summed E-state index contributed by atoms with van der Waals surface area (Å²) in [5.74, 6) is 0. The lowest BCUT2D eigenvalue weighted by Gasteiger charge is -2.04. The number of aromatic nitrogens is 2. The van der Waals surface area contributed by atoms with Gasteiger partial charge < -0.3 is 5.32 Å². The molecule has 0 aliphatic carbocycles. The van der Waals surface area contributed by atoms with Crippen molar-refractivity contribution in [3.8, 4) is 11.3 Å². The highest BCUT2D eigenvalue weighted by molar-refractivity contribution is 6.33. The fourth-order valence-corrected chi connectivity index (χ4v) is 1.77. The third-order valence-corrected chi connectivity index (χ3v) is 2.73. The van der Waals surface area contributed by atoms with Gasteiger partial charge in [-0.15, -0.1) is 0 Å². The van der Waals surface area contributed by atoms with E-state index >= 15 is 0 Å². The van der Waals surface area contributed by atoms with Crippen LogP contribution in [0.5, 0.6) is 0 Å². The third-order valence-electron chi connectivity index (χ3n) is 2.42. The van der Waals surface area contributed by atoms with E-state index in [-0.39, 0.29) is 5.69 Å². The Kier molecular flexibility index (Phi) is 3.21. The van der Waals surface area contributed by atoms with Crippen molar-refractivity contribution in [2.45, 2.75) is 6.18 Å². The summed E-state index contributed by atoms with van der Waals surface area (Å²) in [5.41, 5.74) is 0.538. The molecule has 3 nitrogen and oxygen atoms in total. The number of nitrogens with zero attached hydrogens (tertiary/aromatic N) is 1. The summed E-state index contributed by atoms with van der Waals surface area (Å²) in [5, 5.41) is 8.87. The molecular weight excluding hydrogens is 267 g/mol. The Hall–Kier alpha value is -1.69. The molecule has 1 aromatic heterocycles. The number of hydrogen-bond acceptors (Lipinski definition) is 2. The molecule has 0 fully saturated rings. The van der Waals surface area contributed by atoms with E-state index in [0.29, 0.717) is 16.3 Å². The average Bonchev–Trinajstić information content (AvgIpc) is 2.77. The lowest BCUT2D eigenvalue weighted by Crippen LogP contribution is -2.04. The molecule has 2 aromatic rings. The lowest BCUT2D eigenvalue weighted by atomic mass is 10.1. The molecule has 0 aliphatic rings. The van der Waals surface area contributed by atoms with E-state index in [4.69, 9.17) is 11.6 Å². The number of rotatable bonds is 2. The van der Waals surface area contributed by atoms with Crippen molar-refractivity contribution in [2.24, 2.45) is 0 Å². The van der Waals surface area contributed by atoms with Gasteiger partial charge in [-0.25, -0.2) is 0 Å². The molecule has 0 bridgehead atoms. The Labute approximate surface area is 106 Å². The van der Waals surface area contributed by atoms with Gasteiger partial charge in [-0.1, -0.05) is 17.7 Å². The second kappa shape index (κ2) is 4.53. The number of halogens is 4. The van der Waals surface area contributed by atoms with E-state index in [0.717, 1.165) is 6.07 Å². The average molecular weight is 276 g/mol. The largest absolute Gasteiger partial charge is 0.432 e. The van der Waals surface area contributed by atoms with Crippen LogP contribution < -0.4 is 5.32 Å². The molecule has 0 saturated heterocycles. The topological polar surface area (TPSA) is 40.7 Å². The van der Waals surface area contributed by atoms with Gasteiger partial charge in [0.1, 0.15) is 5.69 Å². The van der Waals surface area contributed by atoms with Gasteiger partial charge in [-0.3, -0.25) is 5.10 Å². The highest BCUT2D eigenvalue weighted by Crippen LogP contribution is 2.32. The maximum absolute atomic E-state index is 12.4. The minimum absolute atomic E-state index is 0.201. The first-order valence-corrected chi connectivity index (χ1v) is 5.40. The van der Waals surface area contributed by atoms with Crippen LogP contribution in [0.3, 0.4) is 0 Å². The monoisotopic (exact) mass is 275 g/mol. The van der Waals surface area contributed by atoms with Crippen molar-refractivity contribution in [1.82, 2.24) is 10.2 Å². The Morgan fingerprint density at radius 1 is 1.28 bits per heavy atom. The highest BCUT2D eigenvalue weighted by Gasteiger charge is 2.33. The summed E-state index contributed by atoms with van der Waals surface area (Å²) in [7, 11) is 1.71. The smallest absolute Gasteiger partial charge is 0.387 e. The Morgan fingerprint density at radius 2 is 2.00 bits per heavy atom. The number of anilines is 1. The van der Waals surface area contributed by atoms with Gasteiger partial charge in [0.05, 0.1) is 16.4 Å². The third kappa shape index (κ3) is 2.43. The van der Waals surface area contributed by atoms with Gasteiger partial charge in [0.2, 0.25) is 0 Å². The summed E-state index contributed by atoms with van der Waals surface area (Å²) >= 11 is 5.95. The van der Waals surface area contributed by atoms with Crippen LogP contribution in [0.25, 0.3) is 11.3 Å². The molecule has 96 valence electrons. The molecule has 0 radical (unpaired) electrons. The summed E-state index contributed by atoms with van der Waals surface area (Å²) in [4.78, 5) is 0. The lowest BCUT2D eigenvalue weighted by molar-refractivity contribution is -0.141. The molecule has 0 atom stereocenters. The molecule has 1 heterocycles.